The van der Waals surface area contributed by atoms with Gasteiger partial charge in [-0.25, -0.2) is 4.98 Å². The topological polar surface area (TPSA) is 106 Å². The number of rotatable bonds is 4. The van der Waals surface area contributed by atoms with E-state index in [-0.39, 0.29) is 24.9 Å². The maximum atomic E-state index is 12.3. The number of carbonyl (C=O) groups excluding carboxylic acids is 1. The molecule has 2 rings (SSSR count). The second-order valence-electron chi connectivity index (χ2n) is 4.70. The Morgan fingerprint density at radius 2 is 2.45 bits per heavy atom. The van der Waals surface area contributed by atoms with E-state index in [1.807, 2.05) is 6.92 Å². The number of morpholine rings is 1. The molecule has 2 atom stereocenters. The minimum Gasteiger partial charge on any atom is -0.481 e. The first-order valence-electron chi connectivity index (χ1n) is 6.31. The van der Waals surface area contributed by atoms with Gasteiger partial charge in [0.1, 0.15) is 10.7 Å². The lowest BCUT2D eigenvalue weighted by Crippen LogP contribution is -2.46. The summed E-state index contributed by atoms with van der Waals surface area (Å²) in [6.07, 6.45) is -0.567. The second-order valence-corrected chi connectivity index (χ2v) is 5.59. The van der Waals surface area contributed by atoms with Gasteiger partial charge in [-0.2, -0.15) is 0 Å². The van der Waals surface area contributed by atoms with Crippen LogP contribution in [0, 0.1) is 0 Å². The van der Waals surface area contributed by atoms with Gasteiger partial charge in [0.15, 0.2) is 0 Å². The number of thiazole rings is 1. The largest absolute Gasteiger partial charge is 0.481 e. The molecule has 1 saturated heterocycles. The zero-order chi connectivity index (χ0) is 14.7. The Hall–Kier alpha value is -1.51. The fourth-order valence-electron chi connectivity index (χ4n) is 1.98. The minimum absolute atomic E-state index is 0.105. The molecule has 1 aromatic heterocycles. The SMILES string of the molecule is CC(N)c1nc(C(=O)N2CCOC(CC(=O)O)C2)cs1. The molecule has 0 saturated carbocycles. The van der Waals surface area contributed by atoms with Crippen LogP contribution < -0.4 is 5.73 Å². The number of aliphatic carboxylic acids is 1. The average molecular weight is 299 g/mol. The summed E-state index contributed by atoms with van der Waals surface area (Å²) < 4.78 is 5.34. The van der Waals surface area contributed by atoms with Crippen molar-refractivity contribution in [1.29, 1.82) is 0 Å². The predicted octanol–water partition coefficient (Wildman–Crippen LogP) is 0.478. The van der Waals surface area contributed by atoms with Crippen molar-refractivity contribution in [3.05, 3.63) is 16.1 Å². The summed E-state index contributed by atoms with van der Waals surface area (Å²) >= 11 is 1.35. The van der Waals surface area contributed by atoms with Crippen molar-refractivity contribution in [2.24, 2.45) is 5.73 Å². The van der Waals surface area contributed by atoms with E-state index in [2.05, 4.69) is 4.98 Å². The predicted molar refractivity (Wildman–Crippen MR) is 72.6 cm³/mol. The van der Waals surface area contributed by atoms with Gasteiger partial charge in [0, 0.05) is 18.5 Å². The third-order valence-electron chi connectivity index (χ3n) is 2.96. The van der Waals surface area contributed by atoms with Crippen LogP contribution in [-0.2, 0) is 9.53 Å². The molecule has 0 bridgehead atoms. The number of ether oxygens (including phenoxy) is 1. The highest BCUT2D eigenvalue weighted by Gasteiger charge is 2.27. The van der Waals surface area contributed by atoms with Crippen molar-refractivity contribution in [3.63, 3.8) is 0 Å². The van der Waals surface area contributed by atoms with Gasteiger partial charge < -0.3 is 20.5 Å². The van der Waals surface area contributed by atoms with Crippen LogP contribution in [0.2, 0.25) is 0 Å². The normalized spacial score (nSPS) is 20.7. The standard InChI is InChI=1S/C12H17N3O4S/c1-7(13)11-14-9(6-20-11)12(18)15-2-3-19-8(5-15)4-10(16)17/h6-8H,2-5,13H2,1H3,(H,16,17). The van der Waals surface area contributed by atoms with E-state index in [1.54, 1.807) is 10.3 Å². The van der Waals surface area contributed by atoms with Crippen LogP contribution in [-0.4, -0.2) is 52.7 Å². The number of aromatic nitrogens is 1. The number of hydrogen-bond donors (Lipinski definition) is 2. The molecule has 0 spiro atoms. The van der Waals surface area contributed by atoms with Gasteiger partial charge in [-0.3, -0.25) is 9.59 Å². The number of carboxylic acid groups (broad SMARTS) is 1. The van der Waals surface area contributed by atoms with Gasteiger partial charge in [-0.05, 0) is 6.92 Å². The number of amides is 1. The number of carbonyl (C=O) groups is 2. The van der Waals surface area contributed by atoms with E-state index in [0.717, 1.165) is 0 Å². The second kappa shape index (κ2) is 6.29. The maximum absolute atomic E-state index is 12.3. The molecule has 0 aliphatic carbocycles. The van der Waals surface area contributed by atoms with Crippen LogP contribution in [0.25, 0.3) is 0 Å². The molecule has 1 aliphatic heterocycles. The highest BCUT2D eigenvalue weighted by atomic mass is 32.1. The van der Waals surface area contributed by atoms with Crippen LogP contribution in [0.1, 0.15) is 34.9 Å². The monoisotopic (exact) mass is 299 g/mol. The van der Waals surface area contributed by atoms with Crippen molar-refractivity contribution < 1.29 is 19.4 Å². The first kappa shape index (κ1) is 14.9. The number of hydrogen-bond acceptors (Lipinski definition) is 6. The molecule has 0 radical (unpaired) electrons. The van der Waals surface area contributed by atoms with Gasteiger partial charge in [0.25, 0.3) is 5.91 Å². The summed E-state index contributed by atoms with van der Waals surface area (Å²) in [4.78, 5) is 28.8. The van der Waals surface area contributed by atoms with E-state index >= 15 is 0 Å². The summed E-state index contributed by atoms with van der Waals surface area (Å²) in [7, 11) is 0. The molecule has 1 fully saturated rings. The molecule has 0 aromatic carbocycles. The molecule has 1 amide bonds. The van der Waals surface area contributed by atoms with Crippen molar-refractivity contribution in [2.45, 2.75) is 25.5 Å². The van der Waals surface area contributed by atoms with E-state index in [9.17, 15) is 9.59 Å². The van der Waals surface area contributed by atoms with Crippen molar-refractivity contribution in [3.8, 4) is 0 Å². The van der Waals surface area contributed by atoms with E-state index < -0.39 is 12.1 Å². The van der Waals surface area contributed by atoms with Crippen LogP contribution in [0.5, 0.6) is 0 Å². The molecule has 2 heterocycles. The Labute approximate surface area is 120 Å². The summed E-state index contributed by atoms with van der Waals surface area (Å²) in [5.41, 5.74) is 6.08. The smallest absolute Gasteiger partial charge is 0.306 e. The summed E-state index contributed by atoms with van der Waals surface area (Å²) in [5.74, 6) is -1.14. The molecule has 20 heavy (non-hydrogen) atoms. The minimum atomic E-state index is -0.933. The zero-order valence-corrected chi connectivity index (χ0v) is 11.9. The van der Waals surface area contributed by atoms with E-state index in [0.29, 0.717) is 23.9 Å². The summed E-state index contributed by atoms with van der Waals surface area (Å²) in [5, 5.41) is 11.2. The van der Waals surface area contributed by atoms with Gasteiger partial charge in [0.2, 0.25) is 0 Å². The van der Waals surface area contributed by atoms with Gasteiger partial charge in [-0.15, -0.1) is 11.3 Å². The molecular weight excluding hydrogens is 282 g/mol. The summed E-state index contributed by atoms with van der Waals surface area (Å²) in [6, 6.07) is -0.203. The Morgan fingerprint density at radius 3 is 3.05 bits per heavy atom. The zero-order valence-electron chi connectivity index (χ0n) is 11.1. The highest BCUT2D eigenvalue weighted by molar-refractivity contribution is 7.09. The van der Waals surface area contributed by atoms with Crippen molar-refractivity contribution in [2.75, 3.05) is 19.7 Å². The Kier molecular flexibility index (Phi) is 4.69. The van der Waals surface area contributed by atoms with Crippen LogP contribution in [0.4, 0.5) is 0 Å². The summed E-state index contributed by atoms with van der Waals surface area (Å²) in [6.45, 7) is 2.87. The van der Waals surface area contributed by atoms with E-state index in [1.165, 1.54) is 11.3 Å². The lowest BCUT2D eigenvalue weighted by Gasteiger charge is -2.31. The molecule has 8 heteroatoms. The molecule has 3 N–H and O–H groups in total. The van der Waals surface area contributed by atoms with Crippen molar-refractivity contribution >= 4 is 23.2 Å². The Morgan fingerprint density at radius 1 is 1.70 bits per heavy atom. The lowest BCUT2D eigenvalue weighted by atomic mass is 10.2. The Bertz CT molecular complexity index is 503. The van der Waals surface area contributed by atoms with Crippen LogP contribution >= 0.6 is 11.3 Å². The van der Waals surface area contributed by atoms with Crippen LogP contribution in [0.15, 0.2) is 5.38 Å². The molecule has 1 aromatic rings. The van der Waals surface area contributed by atoms with Crippen molar-refractivity contribution in [1.82, 2.24) is 9.88 Å². The fraction of sp³-hybridized carbons (Fsp3) is 0.583. The van der Waals surface area contributed by atoms with Crippen LogP contribution in [0.3, 0.4) is 0 Å². The first-order valence-corrected chi connectivity index (χ1v) is 7.19. The molecular formula is C12H17N3O4S. The van der Waals surface area contributed by atoms with E-state index in [4.69, 9.17) is 15.6 Å². The molecule has 1 aliphatic rings. The fourth-order valence-corrected chi connectivity index (χ4v) is 2.73. The first-order chi connectivity index (χ1) is 9.47. The van der Waals surface area contributed by atoms with Gasteiger partial charge in [-0.1, -0.05) is 0 Å². The number of nitrogens with two attached hydrogens (primary N) is 1. The Balaban J connectivity index is 2.02. The average Bonchev–Trinajstić information content (AvgIpc) is 2.87. The van der Waals surface area contributed by atoms with Gasteiger partial charge >= 0.3 is 5.97 Å². The number of carboxylic acids is 1. The quantitative estimate of drug-likeness (QED) is 0.837. The molecule has 2 unspecified atom stereocenters. The molecule has 7 nitrogen and oxygen atoms in total. The highest BCUT2D eigenvalue weighted by Crippen LogP contribution is 2.18. The van der Waals surface area contributed by atoms with Gasteiger partial charge in [0.05, 0.1) is 25.2 Å². The number of nitrogens with zero attached hydrogens (tertiary/aromatic N) is 2. The lowest BCUT2D eigenvalue weighted by molar-refractivity contribution is -0.141. The third-order valence-corrected chi connectivity index (χ3v) is 4.00. The molecule has 110 valence electrons. The maximum Gasteiger partial charge on any atom is 0.306 e. The third kappa shape index (κ3) is 3.53.